The lowest BCUT2D eigenvalue weighted by molar-refractivity contribution is -0.139. The lowest BCUT2D eigenvalue weighted by Crippen LogP contribution is -2.45. The standard InChI is InChI=1S/C16H23NO4/c1-4-10-21-13-8-6-12(7-9-13)15(18)11(3)17-14(5-2)16(19)20/h6-9,11,14,17H,4-5,10H2,1-3H3,(H,19,20). The normalized spacial score (nSPS) is 13.5. The first-order chi connectivity index (χ1) is 9.99. The van der Waals surface area contributed by atoms with Crippen LogP contribution in [0.25, 0.3) is 0 Å². The van der Waals surface area contributed by atoms with Crippen molar-refractivity contribution in [2.75, 3.05) is 6.61 Å². The number of rotatable bonds is 9. The molecule has 5 nitrogen and oxygen atoms in total. The van der Waals surface area contributed by atoms with E-state index in [4.69, 9.17) is 9.84 Å². The van der Waals surface area contributed by atoms with Crippen molar-refractivity contribution in [1.82, 2.24) is 5.32 Å². The lowest BCUT2D eigenvalue weighted by Gasteiger charge is -2.18. The molecular weight excluding hydrogens is 270 g/mol. The van der Waals surface area contributed by atoms with Gasteiger partial charge in [-0.2, -0.15) is 0 Å². The van der Waals surface area contributed by atoms with Gasteiger partial charge < -0.3 is 9.84 Å². The van der Waals surface area contributed by atoms with Gasteiger partial charge in [0.05, 0.1) is 12.6 Å². The van der Waals surface area contributed by atoms with Gasteiger partial charge in [0, 0.05) is 5.56 Å². The van der Waals surface area contributed by atoms with E-state index in [1.54, 1.807) is 38.1 Å². The monoisotopic (exact) mass is 293 g/mol. The topological polar surface area (TPSA) is 75.6 Å². The molecular formula is C16H23NO4. The average Bonchev–Trinajstić information content (AvgIpc) is 2.49. The highest BCUT2D eigenvalue weighted by Crippen LogP contribution is 2.14. The summed E-state index contributed by atoms with van der Waals surface area (Å²) >= 11 is 0. The highest BCUT2D eigenvalue weighted by atomic mass is 16.5. The summed E-state index contributed by atoms with van der Waals surface area (Å²) in [5.74, 6) is -0.344. The summed E-state index contributed by atoms with van der Waals surface area (Å²) in [5, 5.41) is 11.8. The minimum absolute atomic E-state index is 0.128. The molecule has 0 saturated carbocycles. The van der Waals surface area contributed by atoms with E-state index in [9.17, 15) is 9.59 Å². The number of ketones is 1. The molecule has 0 radical (unpaired) electrons. The zero-order chi connectivity index (χ0) is 15.8. The summed E-state index contributed by atoms with van der Waals surface area (Å²) in [6.07, 6.45) is 1.35. The second-order valence-electron chi connectivity index (χ2n) is 4.92. The summed E-state index contributed by atoms with van der Waals surface area (Å²) < 4.78 is 5.46. The molecule has 0 fully saturated rings. The summed E-state index contributed by atoms with van der Waals surface area (Å²) in [6.45, 7) is 6.11. The Morgan fingerprint density at radius 1 is 1.24 bits per heavy atom. The number of ether oxygens (including phenoxy) is 1. The Kier molecular flexibility index (Phi) is 6.88. The fourth-order valence-electron chi connectivity index (χ4n) is 1.93. The fraction of sp³-hybridized carbons (Fsp3) is 0.500. The molecule has 116 valence electrons. The second kappa shape index (κ2) is 8.42. The summed E-state index contributed by atoms with van der Waals surface area (Å²) in [6, 6.07) is 5.65. The molecule has 0 spiro atoms. The van der Waals surface area contributed by atoms with Crippen molar-refractivity contribution in [3.05, 3.63) is 29.8 Å². The van der Waals surface area contributed by atoms with Crippen LogP contribution < -0.4 is 10.1 Å². The molecule has 2 unspecified atom stereocenters. The molecule has 0 aliphatic carbocycles. The minimum Gasteiger partial charge on any atom is -0.494 e. The van der Waals surface area contributed by atoms with E-state index in [-0.39, 0.29) is 5.78 Å². The van der Waals surface area contributed by atoms with E-state index in [2.05, 4.69) is 5.32 Å². The molecule has 0 aliphatic heterocycles. The van der Waals surface area contributed by atoms with E-state index in [1.807, 2.05) is 6.92 Å². The van der Waals surface area contributed by atoms with Crippen LogP contribution in [-0.2, 0) is 4.79 Å². The first-order valence-corrected chi connectivity index (χ1v) is 7.25. The molecule has 1 aromatic rings. The minimum atomic E-state index is -0.944. The molecule has 0 amide bonds. The Bertz CT molecular complexity index is 470. The molecule has 2 N–H and O–H groups in total. The quantitative estimate of drug-likeness (QED) is 0.684. The van der Waals surface area contributed by atoms with Gasteiger partial charge in [-0.1, -0.05) is 13.8 Å². The number of carboxylic acid groups (broad SMARTS) is 1. The molecule has 0 aliphatic rings. The zero-order valence-electron chi connectivity index (χ0n) is 12.8. The number of Topliss-reactive ketones (excluding diaryl/α,β-unsaturated/α-hetero) is 1. The number of carbonyl (C=O) groups excluding carboxylic acids is 1. The number of aliphatic carboxylic acids is 1. The number of carboxylic acids is 1. The number of hydrogen-bond acceptors (Lipinski definition) is 4. The van der Waals surface area contributed by atoms with Crippen molar-refractivity contribution >= 4 is 11.8 Å². The van der Waals surface area contributed by atoms with Gasteiger partial charge in [0.25, 0.3) is 0 Å². The molecule has 0 bridgehead atoms. The first-order valence-electron chi connectivity index (χ1n) is 7.25. The van der Waals surface area contributed by atoms with Gasteiger partial charge in [0.2, 0.25) is 0 Å². The number of carbonyl (C=O) groups is 2. The molecule has 1 aromatic carbocycles. The van der Waals surface area contributed by atoms with Crippen LogP contribution in [0.4, 0.5) is 0 Å². The molecule has 0 aromatic heterocycles. The van der Waals surface area contributed by atoms with Crippen molar-refractivity contribution in [1.29, 1.82) is 0 Å². The van der Waals surface area contributed by atoms with Gasteiger partial charge in [-0.25, -0.2) is 0 Å². The van der Waals surface area contributed by atoms with Crippen molar-refractivity contribution in [3.63, 3.8) is 0 Å². The van der Waals surface area contributed by atoms with Crippen LogP contribution in [0.15, 0.2) is 24.3 Å². The molecule has 2 atom stereocenters. The highest BCUT2D eigenvalue weighted by Gasteiger charge is 2.22. The van der Waals surface area contributed by atoms with E-state index >= 15 is 0 Å². The van der Waals surface area contributed by atoms with Crippen molar-refractivity contribution < 1.29 is 19.4 Å². The van der Waals surface area contributed by atoms with E-state index in [0.717, 1.165) is 12.2 Å². The maximum absolute atomic E-state index is 12.2. The fourth-order valence-corrected chi connectivity index (χ4v) is 1.93. The predicted octanol–water partition coefficient (Wildman–Crippen LogP) is 2.50. The Labute approximate surface area is 125 Å². The third-order valence-electron chi connectivity index (χ3n) is 3.16. The maximum Gasteiger partial charge on any atom is 0.320 e. The van der Waals surface area contributed by atoms with Crippen LogP contribution in [0.2, 0.25) is 0 Å². The van der Waals surface area contributed by atoms with Crippen molar-refractivity contribution in [2.45, 2.75) is 45.7 Å². The van der Waals surface area contributed by atoms with Gasteiger partial charge >= 0.3 is 5.97 Å². The molecule has 0 saturated heterocycles. The van der Waals surface area contributed by atoms with Gasteiger partial charge in [0.15, 0.2) is 5.78 Å². The van der Waals surface area contributed by atoms with E-state index < -0.39 is 18.1 Å². The van der Waals surface area contributed by atoms with Crippen LogP contribution >= 0.6 is 0 Å². The van der Waals surface area contributed by atoms with Crippen molar-refractivity contribution in [2.24, 2.45) is 0 Å². The maximum atomic E-state index is 12.2. The van der Waals surface area contributed by atoms with Crippen molar-refractivity contribution in [3.8, 4) is 5.75 Å². The Morgan fingerprint density at radius 3 is 2.33 bits per heavy atom. The zero-order valence-corrected chi connectivity index (χ0v) is 12.8. The van der Waals surface area contributed by atoms with Crippen LogP contribution in [0.5, 0.6) is 5.75 Å². The molecule has 21 heavy (non-hydrogen) atoms. The number of benzene rings is 1. The van der Waals surface area contributed by atoms with E-state index in [1.165, 1.54) is 0 Å². The number of hydrogen-bond donors (Lipinski definition) is 2. The predicted molar refractivity (Wildman–Crippen MR) is 80.9 cm³/mol. The first kappa shape index (κ1) is 17.2. The summed E-state index contributed by atoms with van der Waals surface area (Å²) in [5.41, 5.74) is 0.541. The Balaban J connectivity index is 2.67. The third-order valence-corrected chi connectivity index (χ3v) is 3.16. The van der Waals surface area contributed by atoms with Crippen LogP contribution in [-0.4, -0.2) is 35.5 Å². The Morgan fingerprint density at radius 2 is 1.86 bits per heavy atom. The summed E-state index contributed by atoms with van der Waals surface area (Å²) in [4.78, 5) is 23.2. The molecule has 5 heteroatoms. The molecule has 1 rings (SSSR count). The lowest BCUT2D eigenvalue weighted by atomic mass is 10.0. The van der Waals surface area contributed by atoms with Crippen LogP contribution in [0.3, 0.4) is 0 Å². The van der Waals surface area contributed by atoms with Gasteiger partial charge in [-0.3, -0.25) is 14.9 Å². The highest BCUT2D eigenvalue weighted by molar-refractivity contribution is 6.00. The Hall–Kier alpha value is -1.88. The van der Waals surface area contributed by atoms with E-state index in [0.29, 0.717) is 18.6 Å². The van der Waals surface area contributed by atoms with Gasteiger partial charge in [-0.05, 0) is 44.0 Å². The summed E-state index contributed by atoms with van der Waals surface area (Å²) in [7, 11) is 0. The van der Waals surface area contributed by atoms with Gasteiger partial charge in [-0.15, -0.1) is 0 Å². The largest absolute Gasteiger partial charge is 0.494 e. The van der Waals surface area contributed by atoms with Crippen LogP contribution in [0.1, 0.15) is 44.0 Å². The van der Waals surface area contributed by atoms with Crippen LogP contribution in [0, 0.1) is 0 Å². The third kappa shape index (κ3) is 5.19. The number of nitrogens with one attached hydrogen (secondary N) is 1. The average molecular weight is 293 g/mol. The smallest absolute Gasteiger partial charge is 0.320 e. The second-order valence-corrected chi connectivity index (χ2v) is 4.92. The SMILES string of the molecule is CCCOc1ccc(C(=O)C(C)NC(CC)C(=O)O)cc1. The molecule has 0 heterocycles. The van der Waals surface area contributed by atoms with Gasteiger partial charge in [0.1, 0.15) is 11.8 Å².